The second-order valence-corrected chi connectivity index (χ2v) is 17.1. The molecule has 2 aromatic rings. The molecule has 2 aromatic carbocycles. The highest BCUT2D eigenvalue weighted by molar-refractivity contribution is 5.96. The molecule has 4 atom stereocenters. The van der Waals surface area contributed by atoms with Gasteiger partial charge in [-0.15, -0.1) is 0 Å². The lowest BCUT2D eigenvalue weighted by atomic mass is 9.81. The number of nitrogens with zero attached hydrogens (tertiary/aromatic N) is 1. The highest BCUT2D eigenvalue weighted by Gasteiger charge is 2.37. The first kappa shape index (κ1) is 46.7. The van der Waals surface area contributed by atoms with Crippen molar-refractivity contribution in [2.24, 2.45) is 29.1 Å². The zero-order valence-electron chi connectivity index (χ0n) is 35.1. The number of hydrogen-bond acceptors (Lipinski definition) is 8. The molecule has 1 fully saturated rings. The van der Waals surface area contributed by atoms with Gasteiger partial charge in [0.25, 0.3) is 0 Å². The van der Waals surface area contributed by atoms with Crippen LogP contribution < -0.4 is 10.6 Å². The Morgan fingerprint density at radius 3 is 1.91 bits per heavy atom. The van der Waals surface area contributed by atoms with Crippen molar-refractivity contribution in [1.29, 1.82) is 0 Å². The van der Waals surface area contributed by atoms with E-state index in [1.807, 2.05) is 109 Å². The molecule has 1 saturated heterocycles. The lowest BCUT2D eigenvalue weighted by molar-refractivity contribution is -0.138. The lowest BCUT2D eigenvalue weighted by Crippen LogP contribution is -2.51. The Morgan fingerprint density at radius 2 is 1.32 bits per heavy atom. The van der Waals surface area contributed by atoms with E-state index < -0.39 is 29.3 Å². The van der Waals surface area contributed by atoms with Crippen LogP contribution in [0.1, 0.15) is 98.1 Å². The molecule has 1 aliphatic rings. The predicted octanol–water partition coefficient (Wildman–Crippen LogP) is 6.43. The second kappa shape index (κ2) is 24.1. The summed E-state index contributed by atoms with van der Waals surface area (Å²) in [4.78, 5) is 72.1. The Kier molecular flexibility index (Phi) is 20.1. The largest absolute Gasteiger partial charge is 0.380 e. The first-order valence-electron chi connectivity index (χ1n) is 20.8. The number of carbonyl (C=O) groups is 5. The Morgan fingerprint density at radius 1 is 0.768 bits per heavy atom. The Labute approximate surface area is 336 Å². The molecular formula is C46H69N3O7. The molecule has 10 nitrogen and oxygen atoms in total. The van der Waals surface area contributed by atoms with Crippen molar-refractivity contribution in [3.63, 3.8) is 0 Å². The smallest absolute Gasteiger partial charge is 0.224 e. The number of nitrogens with one attached hydrogen (secondary N) is 2. The van der Waals surface area contributed by atoms with E-state index in [4.69, 9.17) is 9.47 Å². The number of hydrogen-bond donors (Lipinski definition) is 2. The molecule has 3 rings (SSSR count). The van der Waals surface area contributed by atoms with E-state index in [-0.39, 0.29) is 67.0 Å². The van der Waals surface area contributed by atoms with Crippen molar-refractivity contribution in [2.75, 3.05) is 46.1 Å². The molecule has 1 heterocycles. The van der Waals surface area contributed by atoms with Crippen LogP contribution in [-0.4, -0.2) is 92.2 Å². The number of morpholine rings is 1. The minimum atomic E-state index is -0.843. The summed E-state index contributed by atoms with van der Waals surface area (Å²) < 4.78 is 11.2. The van der Waals surface area contributed by atoms with E-state index >= 15 is 0 Å². The summed E-state index contributed by atoms with van der Waals surface area (Å²) in [6.45, 7) is 17.3. The Bertz CT molecular complexity index is 1510. The molecule has 2 N–H and O–H groups in total. The number of ketones is 3. The summed E-state index contributed by atoms with van der Waals surface area (Å²) in [6.07, 6.45) is 3.00. The SMILES string of the molecule is CCCOCC(C)(C)C(=O)C(CC(C)C)NC(=O)[C@@H](CC(=O)C(CC(C)C)NC(=O)[C@H](CCc1ccccc1)CC(=O)CN1CCOCC1)Cc1ccccc1. The van der Waals surface area contributed by atoms with Crippen LogP contribution in [0.3, 0.4) is 0 Å². The van der Waals surface area contributed by atoms with Crippen molar-refractivity contribution in [1.82, 2.24) is 15.5 Å². The average Bonchev–Trinajstić information content (AvgIpc) is 3.16. The van der Waals surface area contributed by atoms with Crippen LogP contribution in [0.25, 0.3) is 0 Å². The van der Waals surface area contributed by atoms with E-state index in [0.717, 1.165) is 17.5 Å². The number of carbonyl (C=O) groups excluding carboxylic acids is 5. The van der Waals surface area contributed by atoms with Crippen LogP contribution in [0.5, 0.6) is 0 Å². The standard InChI is InChI=1S/C46H69N3O7/c1-8-23-56-32-46(6,7)43(52)41(27-34(4)5)48-45(54)38(28-36-17-13-10-14-18-36)30-42(51)40(26-33(2)3)47-44(53)37(20-19-35-15-11-9-12-16-35)29-39(50)31-49-21-24-55-25-22-49/h9-18,33-34,37-38,40-41H,8,19-32H2,1-7H3,(H,47,53)(H,48,54)/t37-,38-,40?,41?/m1/s1. The third kappa shape index (κ3) is 16.8. The topological polar surface area (TPSA) is 131 Å². The van der Waals surface area contributed by atoms with Gasteiger partial charge in [0, 0.05) is 49.8 Å². The summed E-state index contributed by atoms with van der Waals surface area (Å²) in [5, 5.41) is 6.12. The summed E-state index contributed by atoms with van der Waals surface area (Å²) in [5.74, 6) is -2.25. The normalized spacial score (nSPS) is 15.9. The fourth-order valence-corrected chi connectivity index (χ4v) is 7.24. The number of amides is 2. The van der Waals surface area contributed by atoms with Gasteiger partial charge >= 0.3 is 0 Å². The van der Waals surface area contributed by atoms with Crippen molar-refractivity contribution in [3.8, 4) is 0 Å². The first-order valence-corrected chi connectivity index (χ1v) is 20.8. The molecule has 56 heavy (non-hydrogen) atoms. The third-order valence-electron chi connectivity index (χ3n) is 10.3. The van der Waals surface area contributed by atoms with Crippen LogP contribution >= 0.6 is 0 Å². The molecule has 10 heteroatoms. The number of aryl methyl sites for hydroxylation is 1. The van der Waals surface area contributed by atoms with Crippen LogP contribution in [0.4, 0.5) is 0 Å². The fraction of sp³-hybridized carbons (Fsp3) is 0.630. The van der Waals surface area contributed by atoms with Gasteiger partial charge in [-0.3, -0.25) is 28.9 Å². The number of rotatable bonds is 26. The van der Waals surface area contributed by atoms with Crippen molar-refractivity contribution in [2.45, 2.75) is 112 Å². The molecule has 1 aliphatic heterocycles. The molecule has 2 amide bonds. The van der Waals surface area contributed by atoms with Gasteiger partial charge in [0.05, 0.1) is 38.4 Å². The third-order valence-corrected chi connectivity index (χ3v) is 10.3. The zero-order valence-corrected chi connectivity index (χ0v) is 35.1. The monoisotopic (exact) mass is 776 g/mol. The van der Waals surface area contributed by atoms with E-state index in [2.05, 4.69) is 15.5 Å². The maximum atomic E-state index is 14.3. The van der Waals surface area contributed by atoms with E-state index in [1.54, 1.807) is 0 Å². The highest BCUT2D eigenvalue weighted by atomic mass is 16.5. The highest BCUT2D eigenvalue weighted by Crippen LogP contribution is 2.25. The maximum absolute atomic E-state index is 14.3. The van der Waals surface area contributed by atoms with Gasteiger partial charge in [-0.25, -0.2) is 0 Å². The van der Waals surface area contributed by atoms with Gasteiger partial charge in [0.2, 0.25) is 11.8 Å². The minimum Gasteiger partial charge on any atom is -0.380 e. The molecule has 0 radical (unpaired) electrons. The summed E-state index contributed by atoms with van der Waals surface area (Å²) in [7, 11) is 0. The van der Waals surface area contributed by atoms with E-state index in [9.17, 15) is 24.0 Å². The van der Waals surface area contributed by atoms with Gasteiger partial charge in [0.1, 0.15) is 5.78 Å². The molecule has 0 spiro atoms. The molecule has 0 aromatic heterocycles. The average molecular weight is 776 g/mol. The Balaban J connectivity index is 1.84. The summed E-state index contributed by atoms with van der Waals surface area (Å²) in [6, 6.07) is 17.8. The lowest BCUT2D eigenvalue weighted by Gasteiger charge is -2.31. The number of ether oxygens (including phenoxy) is 2. The van der Waals surface area contributed by atoms with Gasteiger partial charge in [0.15, 0.2) is 11.6 Å². The van der Waals surface area contributed by atoms with Crippen LogP contribution in [0.15, 0.2) is 60.7 Å². The van der Waals surface area contributed by atoms with E-state index in [0.29, 0.717) is 65.0 Å². The molecule has 0 aliphatic carbocycles. The number of Topliss-reactive ketones (excluding diaryl/α,β-unsaturated/α-hetero) is 3. The second-order valence-electron chi connectivity index (χ2n) is 17.1. The molecular weight excluding hydrogens is 707 g/mol. The quantitative estimate of drug-likeness (QED) is 0.105. The Hall–Kier alpha value is -3.73. The van der Waals surface area contributed by atoms with Crippen LogP contribution in [-0.2, 0) is 46.3 Å². The van der Waals surface area contributed by atoms with Gasteiger partial charge in [-0.05, 0) is 61.5 Å². The molecule has 2 unspecified atom stereocenters. The van der Waals surface area contributed by atoms with Crippen molar-refractivity contribution in [3.05, 3.63) is 71.8 Å². The first-order chi connectivity index (χ1) is 26.7. The van der Waals surface area contributed by atoms with Gasteiger partial charge in [-0.1, -0.05) is 109 Å². The van der Waals surface area contributed by atoms with Gasteiger partial charge < -0.3 is 20.1 Å². The van der Waals surface area contributed by atoms with E-state index in [1.165, 1.54) is 0 Å². The fourth-order valence-electron chi connectivity index (χ4n) is 7.24. The molecule has 0 bridgehead atoms. The van der Waals surface area contributed by atoms with Crippen LogP contribution in [0, 0.1) is 29.1 Å². The van der Waals surface area contributed by atoms with Crippen molar-refractivity contribution >= 4 is 29.2 Å². The predicted molar refractivity (Wildman–Crippen MR) is 221 cm³/mol. The molecule has 0 saturated carbocycles. The van der Waals surface area contributed by atoms with Gasteiger partial charge in [-0.2, -0.15) is 0 Å². The zero-order chi connectivity index (χ0) is 41.1. The van der Waals surface area contributed by atoms with Crippen LogP contribution in [0.2, 0.25) is 0 Å². The van der Waals surface area contributed by atoms with Crippen molar-refractivity contribution < 1.29 is 33.4 Å². The summed E-state index contributed by atoms with van der Waals surface area (Å²) in [5.41, 5.74) is 1.14. The minimum absolute atomic E-state index is 0.0166. The summed E-state index contributed by atoms with van der Waals surface area (Å²) >= 11 is 0. The maximum Gasteiger partial charge on any atom is 0.224 e. The number of benzene rings is 2. The molecule has 310 valence electrons.